The molecule has 0 fully saturated rings. The molecule has 24 heavy (non-hydrogen) atoms. The predicted molar refractivity (Wildman–Crippen MR) is 95.9 cm³/mol. The average Bonchev–Trinajstić information content (AvgIpc) is 2.98. The Morgan fingerprint density at radius 1 is 1.42 bits per heavy atom. The molecule has 0 saturated heterocycles. The molecule has 0 spiro atoms. The minimum Gasteiger partial charge on any atom is -0.353 e. The SMILES string of the molecule is CC[C@@H](C)NC(=O)CN1CCc2[nH]nc(-c3ccc(Cl)cc3)c2C1. The highest BCUT2D eigenvalue weighted by Crippen LogP contribution is 2.29. The van der Waals surface area contributed by atoms with E-state index in [4.69, 9.17) is 11.6 Å². The van der Waals surface area contributed by atoms with Gasteiger partial charge in [-0.2, -0.15) is 5.10 Å². The minimum atomic E-state index is 0.0873. The summed E-state index contributed by atoms with van der Waals surface area (Å²) in [5, 5.41) is 11.4. The Morgan fingerprint density at radius 3 is 2.88 bits per heavy atom. The number of hydrogen-bond donors (Lipinski definition) is 2. The van der Waals surface area contributed by atoms with E-state index in [2.05, 4.69) is 27.3 Å². The average molecular weight is 347 g/mol. The molecule has 0 saturated carbocycles. The van der Waals surface area contributed by atoms with Crippen LogP contribution in [0.15, 0.2) is 24.3 Å². The van der Waals surface area contributed by atoms with Crippen LogP contribution in [0.3, 0.4) is 0 Å². The monoisotopic (exact) mass is 346 g/mol. The largest absolute Gasteiger partial charge is 0.353 e. The Balaban J connectivity index is 1.72. The predicted octanol–water partition coefficient (Wildman–Crippen LogP) is 3.00. The van der Waals surface area contributed by atoms with Crippen molar-refractivity contribution >= 4 is 17.5 Å². The zero-order valence-electron chi connectivity index (χ0n) is 14.1. The molecule has 0 aliphatic carbocycles. The number of nitrogens with zero attached hydrogens (tertiary/aromatic N) is 2. The molecule has 1 aromatic carbocycles. The molecule has 5 nitrogen and oxygen atoms in total. The lowest BCUT2D eigenvalue weighted by atomic mass is 10.0. The van der Waals surface area contributed by atoms with Crippen molar-refractivity contribution in [1.82, 2.24) is 20.4 Å². The van der Waals surface area contributed by atoms with Crippen LogP contribution in [0.4, 0.5) is 0 Å². The Hall–Kier alpha value is -1.85. The van der Waals surface area contributed by atoms with E-state index in [-0.39, 0.29) is 11.9 Å². The summed E-state index contributed by atoms with van der Waals surface area (Å²) in [6.07, 6.45) is 1.82. The van der Waals surface area contributed by atoms with Crippen LogP contribution < -0.4 is 5.32 Å². The van der Waals surface area contributed by atoms with Gasteiger partial charge in [-0.05, 0) is 25.5 Å². The summed E-state index contributed by atoms with van der Waals surface area (Å²) in [6, 6.07) is 7.92. The molecule has 1 aromatic heterocycles. The molecule has 2 aromatic rings. The minimum absolute atomic E-state index is 0.0873. The van der Waals surface area contributed by atoms with Gasteiger partial charge in [0.1, 0.15) is 0 Å². The molecule has 6 heteroatoms. The zero-order chi connectivity index (χ0) is 17.1. The second-order valence-electron chi connectivity index (χ2n) is 6.37. The van der Waals surface area contributed by atoms with Crippen LogP contribution in [0, 0.1) is 0 Å². The van der Waals surface area contributed by atoms with E-state index in [0.717, 1.165) is 37.2 Å². The highest BCUT2D eigenvalue weighted by Gasteiger charge is 2.24. The van der Waals surface area contributed by atoms with Gasteiger partial charge in [0.05, 0.1) is 12.2 Å². The molecule has 2 N–H and O–H groups in total. The van der Waals surface area contributed by atoms with Crippen molar-refractivity contribution in [2.45, 2.75) is 39.3 Å². The first-order valence-electron chi connectivity index (χ1n) is 8.40. The van der Waals surface area contributed by atoms with Crippen LogP contribution in [0.1, 0.15) is 31.5 Å². The fraction of sp³-hybridized carbons (Fsp3) is 0.444. The number of aromatic amines is 1. The van der Waals surface area contributed by atoms with Crippen molar-refractivity contribution in [2.24, 2.45) is 0 Å². The third kappa shape index (κ3) is 3.79. The summed E-state index contributed by atoms with van der Waals surface area (Å²) in [4.78, 5) is 14.3. The highest BCUT2D eigenvalue weighted by atomic mass is 35.5. The van der Waals surface area contributed by atoms with Crippen LogP contribution in [0.25, 0.3) is 11.3 Å². The van der Waals surface area contributed by atoms with Gasteiger partial charge in [0, 0.05) is 47.4 Å². The number of nitrogens with one attached hydrogen (secondary N) is 2. The number of benzene rings is 1. The Morgan fingerprint density at radius 2 is 2.17 bits per heavy atom. The number of H-pyrrole nitrogens is 1. The first kappa shape index (κ1) is 17.0. The molecule has 0 bridgehead atoms. The summed E-state index contributed by atoms with van der Waals surface area (Å²) in [6.45, 7) is 6.12. The van der Waals surface area contributed by atoms with Gasteiger partial charge < -0.3 is 5.32 Å². The molecule has 1 atom stereocenters. The topological polar surface area (TPSA) is 61.0 Å². The summed E-state index contributed by atoms with van der Waals surface area (Å²) < 4.78 is 0. The number of amides is 1. The van der Waals surface area contributed by atoms with Crippen molar-refractivity contribution in [3.8, 4) is 11.3 Å². The quantitative estimate of drug-likeness (QED) is 0.874. The summed E-state index contributed by atoms with van der Waals surface area (Å²) in [7, 11) is 0. The smallest absolute Gasteiger partial charge is 0.234 e. The first-order chi connectivity index (χ1) is 11.6. The van der Waals surface area contributed by atoms with Crippen LogP contribution >= 0.6 is 11.6 Å². The fourth-order valence-corrected chi connectivity index (χ4v) is 3.08. The molecule has 3 rings (SSSR count). The molecule has 128 valence electrons. The number of rotatable bonds is 5. The number of hydrogen-bond acceptors (Lipinski definition) is 3. The maximum absolute atomic E-state index is 12.1. The van der Waals surface area contributed by atoms with Crippen LogP contribution in [-0.2, 0) is 17.8 Å². The van der Waals surface area contributed by atoms with E-state index in [1.54, 1.807) is 0 Å². The van der Waals surface area contributed by atoms with Crippen LogP contribution in [0.2, 0.25) is 5.02 Å². The van der Waals surface area contributed by atoms with E-state index in [0.29, 0.717) is 11.6 Å². The van der Waals surface area contributed by atoms with Crippen molar-refractivity contribution < 1.29 is 4.79 Å². The molecule has 0 unspecified atom stereocenters. The summed E-state index contributed by atoms with van der Waals surface area (Å²) in [5.74, 6) is 0.0873. The van der Waals surface area contributed by atoms with Crippen molar-refractivity contribution in [2.75, 3.05) is 13.1 Å². The van der Waals surface area contributed by atoms with E-state index in [9.17, 15) is 4.79 Å². The molecule has 1 aliphatic heterocycles. The van der Waals surface area contributed by atoms with E-state index >= 15 is 0 Å². The van der Waals surface area contributed by atoms with Crippen molar-refractivity contribution in [1.29, 1.82) is 0 Å². The molecule has 1 aliphatic rings. The molecule has 0 radical (unpaired) electrons. The summed E-state index contributed by atoms with van der Waals surface area (Å²) >= 11 is 5.97. The molecular formula is C18H23ClN4O. The fourth-order valence-electron chi connectivity index (χ4n) is 2.96. The lowest BCUT2D eigenvalue weighted by Gasteiger charge is -2.27. The zero-order valence-corrected chi connectivity index (χ0v) is 14.9. The van der Waals surface area contributed by atoms with Gasteiger partial charge in [-0.3, -0.25) is 14.8 Å². The van der Waals surface area contributed by atoms with Gasteiger partial charge >= 0.3 is 0 Å². The van der Waals surface area contributed by atoms with Gasteiger partial charge in [0.15, 0.2) is 0 Å². The number of carbonyl (C=O) groups excluding carboxylic acids is 1. The molecular weight excluding hydrogens is 324 g/mol. The number of carbonyl (C=O) groups is 1. The van der Waals surface area contributed by atoms with Crippen LogP contribution in [-0.4, -0.2) is 40.1 Å². The second-order valence-corrected chi connectivity index (χ2v) is 6.81. The Labute approximate surface area is 147 Å². The lowest BCUT2D eigenvalue weighted by molar-refractivity contribution is -0.123. The van der Waals surface area contributed by atoms with Gasteiger partial charge in [-0.25, -0.2) is 0 Å². The Kier molecular flexibility index (Phi) is 5.21. The van der Waals surface area contributed by atoms with Crippen molar-refractivity contribution in [3.63, 3.8) is 0 Å². The third-order valence-electron chi connectivity index (χ3n) is 4.52. The van der Waals surface area contributed by atoms with Crippen molar-refractivity contribution in [3.05, 3.63) is 40.5 Å². The number of fused-ring (bicyclic) bond motifs is 1. The van der Waals surface area contributed by atoms with Crippen LogP contribution in [0.5, 0.6) is 0 Å². The van der Waals surface area contributed by atoms with E-state index in [1.807, 2.05) is 31.2 Å². The molecule has 2 heterocycles. The first-order valence-corrected chi connectivity index (χ1v) is 8.78. The van der Waals surface area contributed by atoms with E-state index in [1.165, 1.54) is 11.3 Å². The number of aromatic nitrogens is 2. The normalized spacial score (nSPS) is 15.8. The van der Waals surface area contributed by atoms with Gasteiger partial charge in [0.2, 0.25) is 5.91 Å². The lowest BCUT2D eigenvalue weighted by Crippen LogP contribution is -2.42. The van der Waals surface area contributed by atoms with Gasteiger partial charge in [0.25, 0.3) is 0 Å². The van der Waals surface area contributed by atoms with Gasteiger partial charge in [-0.1, -0.05) is 30.7 Å². The van der Waals surface area contributed by atoms with Gasteiger partial charge in [-0.15, -0.1) is 0 Å². The number of halogens is 1. The maximum Gasteiger partial charge on any atom is 0.234 e. The van der Waals surface area contributed by atoms with E-state index < -0.39 is 0 Å². The maximum atomic E-state index is 12.1. The third-order valence-corrected chi connectivity index (χ3v) is 4.77. The Bertz CT molecular complexity index is 710. The summed E-state index contributed by atoms with van der Waals surface area (Å²) in [5.41, 5.74) is 4.34. The molecule has 1 amide bonds. The standard InChI is InChI=1S/C18H23ClN4O/c1-3-12(2)20-17(24)11-23-9-8-16-15(10-23)18(22-21-16)13-4-6-14(19)7-5-13/h4-7,12H,3,8-11H2,1-2H3,(H,20,24)(H,21,22)/t12-/m1/s1. The highest BCUT2D eigenvalue weighted by molar-refractivity contribution is 6.30. The second kappa shape index (κ2) is 7.36.